The van der Waals surface area contributed by atoms with Gasteiger partial charge in [-0.25, -0.2) is 0 Å². The first-order valence-corrected chi connectivity index (χ1v) is 7.68. The SMILES string of the molecule is C[C@@](O)(CNC(=O)CC[C@H]1CCOC1)c1ccccc1Cl. The lowest BCUT2D eigenvalue weighted by Crippen LogP contribution is -2.38. The number of amides is 1. The molecule has 2 rings (SSSR count). The zero-order valence-corrected chi connectivity index (χ0v) is 13.0. The average Bonchev–Trinajstić information content (AvgIpc) is 2.96. The highest BCUT2D eigenvalue weighted by Gasteiger charge is 2.26. The first kappa shape index (κ1) is 16.3. The molecule has 2 atom stereocenters. The van der Waals surface area contributed by atoms with Crippen molar-refractivity contribution in [1.29, 1.82) is 0 Å². The van der Waals surface area contributed by atoms with Gasteiger partial charge in [-0.1, -0.05) is 29.8 Å². The molecule has 0 bridgehead atoms. The fraction of sp³-hybridized carbons (Fsp3) is 0.562. The molecule has 1 aliphatic heterocycles. The molecule has 21 heavy (non-hydrogen) atoms. The molecular weight excluding hydrogens is 290 g/mol. The minimum absolute atomic E-state index is 0.0470. The van der Waals surface area contributed by atoms with Crippen LogP contribution in [0.15, 0.2) is 24.3 Å². The molecule has 2 N–H and O–H groups in total. The normalized spacial score (nSPS) is 21.0. The van der Waals surface area contributed by atoms with Crippen LogP contribution in [0.1, 0.15) is 31.7 Å². The molecule has 0 saturated carbocycles. The van der Waals surface area contributed by atoms with Gasteiger partial charge in [-0.15, -0.1) is 0 Å². The largest absolute Gasteiger partial charge is 0.384 e. The third kappa shape index (κ3) is 4.70. The molecule has 0 radical (unpaired) electrons. The summed E-state index contributed by atoms with van der Waals surface area (Å²) in [4.78, 5) is 11.9. The quantitative estimate of drug-likeness (QED) is 0.848. The summed E-state index contributed by atoms with van der Waals surface area (Å²) in [6, 6.07) is 7.12. The van der Waals surface area contributed by atoms with E-state index < -0.39 is 5.60 Å². The van der Waals surface area contributed by atoms with E-state index in [0.717, 1.165) is 26.1 Å². The lowest BCUT2D eigenvalue weighted by atomic mass is 9.95. The van der Waals surface area contributed by atoms with Crippen molar-refractivity contribution in [2.24, 2.45) is 5.92 Å². The van der Waals surface area contributed by atoms with Gasteiger partial charge in [0.05, 0.1) is 6.54 Å². The van der Waals surface area contributed by atoms with E-state index in [1.54, 1.807) is 19.1 Å². The third-order valence-corrected chi connectivity index (χ3v) is 4.22. The Labute approximate surface area is 130 Å². The Kier molecular flexibility index (Phi) is 5.62. The van der Waals surface area contributed by atoms with Gasteiger partial charge in [0.2, 0.25) is 5.91 Å². The Morgan fingerprint density at radius 1 is 1.52 bits per heavy atom. The van der Waals surface area contributed by atoms with Crippen LogP contribution in [0.4, 0.5) is 0 Å². The van der Waals surface area contributed by atoms with Crippen LogP contribution >= 0.6 is 11.6 Å². The summed E-state index contributed by atoms with van der Waals surface area (Å²) in [5.41, 5.74) is -0.555. The van der Waals surface area contributed by atoms with E-state index in [1.807, 2.05) is 12.1 Å². The fourth-order valence-electron chi connectivity index (χ4n) is 2.50. The van der Waals surface area contributed by atoms with Crippen LogP contribution in [0.3, 0.4) is 0 Å². The molecule has 0 spiro atoms. The summed E-state index contributed by atoms with van der Waals surface area (Å²) >= 11 is 6.08. The number of nitrogens with one attached hydrogen (secondary N) is 1. The van der Waals surface area contributed by atoms with Gasteiger partial charge in [-0.3, -0.25) is 4.79 Å². The second-order valence-corrected chi connectivity index (χ2v) is 6.21. The molecule has 4 nitrogen and oxygen atoms in total. The molecule has 1 amide bonds. The van der Waals surface area contributed by atoms with Crippen molar-refractivity contribution in [2.45, 2.75) is 31.8 Å². The summed E-state index contributed by atoms with van der Waals surface area (Å²) in [5.74, 6) is 0.439. The number of benzene rings is 1. The van der Waals surface area contributed by atoms with E-state index in [4.69, 9.17) is 16.3 Å². The number of hydrogen-bond donors (Lipinski definition) is 2. The van der Waals surface area contributed by atoms with Gasteiger partial charge in [0.15, 0.2) is 0 Å². The van der Waals surface area contributed by atoms with Crippen LogP contribution in [0, 0.1) is 5.92 Å². The number of carbonyl (C=O) groups excluding carboxylic acids is 1. The van der Waals surface area contributed by atoms with Crippen LogP contribution < -0.4 is 5.32 Å². The molecular formula is C16H22ClNO3. The van der Waals surface area contributed by atoms with Crippen LogP contribution in [-0.4, -0.2) is 30.8 Å². The molecule has 1 heterocycles. The zero-order valence-electron chi connectivity index (χ0n) is 12.3. The number of ether oxygens (including phenoxy) is 1. The van der Waals surface area contributed by atoms with Crippen LogP contribution in [-0.2, 0) is 15.1 Å². The monoisotopic (exact) mass is 311 g/mol. The number of rotatable bonds is 6. The van der Waals surface area contributed by atoms with Gasteiger partial charge in [-0.2, -0.15) is 0 Å². The number of carbonyl (C=O) groups is 1. The minimum atomic E-state index is -1.18. The van der Waals surface area contributed by atoms with E-state index in [2.05, 4.69) is 5.32 Å². The summed E-state index contributed by atoms with van der Waals surface area (Å²) in [5, 5.41) is 13.8. The standard InChI is InChI=1S/C16H22ClNO3/c1-16(20,13-4-2-3-5-14(13)17)11-18-15(19)7-6-12-8-9-21-10-12/h2-5,12,20H,6-11H2,1H3,(H,18,19)/t12-,16+/m0/s1. The average molecular weight is 312 g/mol. The Morgan fingerprint density at radius 2 is 2.29 bits per heavy atom. The van der Waals surface area contributed by atoms with E-state index >= 15 is 0 Å². The van der Waals surface area contributed by atoms with E-state index in [-0.39, 0.29) is 12.5 Å². The molecule has 1 aliphatic rings. The van der Waals surface area contributed by atoms with Crippen LogP contribution in [0.25, 0.3) is 0 Å². The minimum Gasteiger partial charge on any atom is -0.384 e. The number of aliphatic hydroxyl groups is 1. The van der Waals surface area contributed by atoms with E-state index in [9.17, 15) is 9.90 Å². The molecule has 0 aromatic heterocycles. The summed E-state index contributed by atoms with van der Waals surface area (Å²) < 4.78 is 5.29. The van der Waals surface area contributed by atoms with Crippen molar-refractivity contribution >= 4 is 17.5 Å². The molecule has 0 aliphatic carbocycles. The predicted molar refractivity (Wildman–Crippen MR) is 82.2 cm³/mol. The highest BCUT2D eigenvalue weighted by atomic mass is 35.5. The van der Waals surface area contributed by atoms with E-state index in [0.29, 0.717) is 22.9 Å². The molecule has 1 saturated heterocycles. The number of hydrogen-bond acceptors (Lipinski definition) is 3. The van der Waals surface area contributed by atoms with Crippen molar-refractivity contribution in [3.05, 3.63) is 34.9 Å². The smallest absolute Gasteiger partial charge is 0.220 e. The van der Waals surface area contributed by atoms with Crippen molar-refractivity contribution in [1.82, 2.24) is 5.32 Å². The van der Waals surface area contributed by atoms with Gasteiger partial charge < -0.3 is 15.2 Å². The first-order valence-electron chi connectivity index (χ1n) is 7.31. The van der Waals surface area contributed by atoms with Gasteiger partial charge in [0, 0.05) is 30.2 Å². The maximum absolute atomic E-state index is 11.9. The Morgan fingerprint density at radius 3 is 2.95 bits per heavy atom. The van der Waals surface area contributed by atoms with Gasteiger partial charge in [0.25, 0.3) is 0 Å². The Bertz CT molecular complexity index is 484. The van der Waals surface area contributed by atoms with Gasteiger partial charge >= 0.3 is 0 Å². The second-order valence-electron chi connectivity index (χ2n) is 5.80. The molecule has 5 heteroatoms. The topological polar surface area (TPSA) is 58.6 Å². The highest BCUT2D eigenvalue weighted by molar-refractivity contribution is 6.31. The summed E-state index contributed by atoms with van der Waals surface area (Å²) in [6.45, 7) is 3.36. The molecule has 0 unspecified atom stereocenters. The Hall–Kier alpha value is -1.10. The predicted octanol–water partition coefficient (Wildman–Crippen LogP) is 2.48. The van der Waals surface area contributed by atoms with Gasteiger partial charge in [0.1, 0.15) is 5.60 Å². The molecule has 1 aromatic rings. The first-order chi connectivity index (χ1) is 9.99. The molecule has 1 fully saturated rings. The summed E-state index contributed by atoms with van der Waals surface area (Å²) in [6.07, 6.45) is 2.33. The Balaban J connectivity index is 1.80. The number of halogens is 1. The molecule has 1 aromatic carbocycles. The van der Waals surface area contributed by atoms with Crippen molar-refractivity contribution in [3.8, 4) is 0 Å². The van der Waals surface area contributed by atoms with Crippen LogP contribution in [0.2, 0.25) is 5.02 Å². The van der Waals surface area contributed by atoms with Crippen molar-refractivity contribution in [2.75, 3.05) is 19.8 Å². The molecule has 116 valence electrons. The van der Waals surface area contributed by atoms with Crippen LogP contribution in [0.5, 0.6) is 0 Å². The summed E-state index contributed by atoms with van der Waals surface area (Å²) in [7, 11) is 0. The maximum Gasteiger partial charge on any atom is 0.220 e. The maximum atomic E-state index is 11.9. The van der Waals surface area contributed by atoms with Gasteiger partial charge in [-0.05, 0) is 31.7 Å². The zero-order chi connectivity index (χ0) is 15.3. The lowest BCUT2D eigenvalue weighted by molar-refractivity contribution is -0.122. The second kappa shape index (κ2) is 7.25. The van der Waals surface area contributed by atoms with E-state index in [1.165, 1.54) is 0 Å². The highest BCUT2D eigenvalue weighted by Crippen LogP contribution is 2.27. The lowest BCUT2D eigenvalue weighted by Gasteiger charge is -2.25. The van der Waals surface area contributed by atoms with Crippen molar-refractivity contribution < 1.29 is 14.6 Å². The fourth-order valence-corrected chi connectivity index (χ4v) is 2.84. The van der Waals surface area contributed by atoms with Crippen molar-refractivity contribution in [3.63, 3.8) is 0 Å². The third-order valence-electron chi connectivity index (χ3n) is 3.89.